The summed E-state index contributed by atoms with van der Waals surface area (Å²) in [4.78, 5) is 0. The van der Waals surface area contributed by atoms with E-state index in [2.05, 4.69) is 67.6 Å². The van der Waals surface area contributed by atoms with Crippen LogP contribution in [-0.4, -0.2) is 22.6 Å². The predicted octanol–water partition coefficient (Wildman–Crippen LogP) is 8.71. The molecule has 0 spiro atoms. The molecule has 3 aliphatic carbocycles. The van der Waals surface area contributed by atoms with E-state index < -0.39 is 15.1 Å². The first-order chi connectivity index (χ1) is 16.7. The molecule has 2 aromatic carbocycles. The highest BCUT2D eigenvalue weighted by atomic mass is 31.2. The average molecular weight is 495 g/mol. The van der Waals surface area contributed by atoms with Crippen molar-refractivity contribution in [3.63, 3.8) is 0 Å². The SMILES string of the molecule is C[C@H](C1CCCC1P(c1ccccc1)c1ccccc1)P(=O)(C1CCCCC1)C1CCCCC1. The van der Waals surface area contributed by atoms with Gasteiger partial charge in [0.05, 0.1) is 7.14 Å². The average Bonchev–Trinajstić information content (AvgIpc) is 3.39. The molecule has 0 heterocycles. The molecule has 2 unspecified atom stereocenters. The van der Waals surface area contributed by atoms with Crippen LogP contribution in [0.1, 0.15) is 90.4 Å². The molecular weight excluding hydrogens is 450 g/mol. The number of hydrogen-bond acceptors (Lipinski definition) is 1. The van der Waals surface area contributed by atoms with Crippen LogP contribution in [0.25, 0.3) is 0 Å². The minimum atomic E-state index is -2.26. The molecule has 184 valence electrons. The Hall–Kier alpha value is -0.900. The summed E-state index contributed by atoms with van der Waals surface area (Å²) in [5.74, 6) is 0.612. The molecular formula is C31H44OP2. The smallest absolute Gasteiger partial charge is 0.0965 e. The Labute approximate surface area is 209 Å². The highest BCUT2D eigenvalue weighted by Gasteiger charge is 2.50. The van der Waals surface area contributed by atoms with Crippen LogP contribution in [0, 0.1) is 5.92 Å². The Balaban J connectivity index is 1.50. The zero-order valence-electron chi connectivity index (χ0n) is 21.2. The molecule has 0 aliphatic heterocycles. The molecule has 0 radical (unpaired) electrons. The van der Waals surface area contributed by atoms with E-state index in [0.29, 0.717) is 28.6 Å². The molecule has 0 saturated heterocycles. The Morgan fingerprint density at radius 3 is 1.59 bits per heavy atom. The maximum absolute atomic E-state index is 15.5. The van der Waals surface area contributed by atoms with E-state index in [9.17, 15) is 0 Å². The quantitative estimate of drug-likeness (QED) is 0.352. The van der Waals surface area contributed by atoms with Gasteiger partial charge in [-0.2, -0.15) is 0 Å². The summed E-state index contributed by atoms with van der Waals surface area (Å²) in [6.45, 7) is 2.47. The molecule has 1 nitrogen and oxygen atoms in total. The molecule has 0 amide bonds. The maximum atomic E-state index is 15.5. The van der Waals surface area contributed by atoms with E-state index in [1.807, 2.05) is 0 Å². The third-order valence-electron chi connectivity index (χ3n) is 9.48. The summed E-state index contributed by atoms with van der Waals surface area (Å²) in [5.41, 5.74) is 2.08. The Bertz CT molecular complexity index is 869. The fraction of sp³-hybridized carbons (Fsp3) is 0.613. The Kier molecular flexibility index (Phi) is 8.34. The van der Waals surface area contributed by atoms with Crippen LogP contribution in [0.3, 0.4) is 0 Å². The normalized spacial score (nSPS) is 26.1. The van der Waals surface area contributed by atoms with Crippen LogP contribution < -0.4 is 10.6 Å². The van der Waals surface area contributed by atoms with Gasteiger partial charge in [0.1, 0.15) is 0 Å². The van der Waals surface area contributed by atoms with Crippen molar-refractivity contribution in [2.45, 2.75) is 113 Å². The van der Waals surface area contributed by atoms with E-state index in [-0.39, 0.29) is 0 Å². The zero-order valence-corrected chi connectivity index (χ0v) is 22.9. The minimum absolute atomic E-state index is 0.392. The van der Waals surface area contributed by atoms with Gasteiger partial charge in [-0.15, -0.1) is 0 Å². The lowest BCUT2D eigenvalue weighted by atomic mass is 9.99. The van der Waals surface area contributed by atoms with Crippen molar-refractivity contribution in [2.75, 3.05) is 0 Å². The van der Waals surface area contributed by atoms with Crippen molar-refractivity contribution in [2.24, 2.45) is 5.92 Å². The molecule has 3 heteroatoms. The monoisotopic (exact) mass is 494 g/mol. The number of hydrogen-bond donors (Lipinski definition) is 0. The van der Waals surface area contributed by atoms with Gasteiger partial charge in [0, 0.05) is 17.0 Å². The third kappa shape index (κ3) is 5.00. The number of rotatable bonds is 7. The molecule has 3 saturated carbocycles. The molecule has 34 heavy (non-hydrogen) atoms. The second-order valence-corrected chi connectivity index (χ2v) is 17.5. The van der Waals surface area contributed by atoms with Crippen molar-refractivity contribution in [1.29, 1.82) is 0 Å². The van der Waals surface area contributed by atoms with Gasteiger partial charge in [0.15, 0.2) is 0 Å². The highest BCUT2D eigenvalue weighted by molar-refractivity contribution is 7.73. The lowest BCUT2D eigenvalue weighted by Gasteiger charge is -2.45. The van der Waals surface area contributed by atoms with Gasteiger partial charge in [0.25, 0.3) is 0 Å². The fourth-order valence-electron chi connectivity index (χ4n) is 7.79. The summed E-state index contributed by atoms with van der Waals surface area (Å²) >= 11 is 0. The van der Waals surface area contributed by atoms with E-state index in [0.717, 1.165) is 0 Å². The zero-order chi connectivity index (χ0) is 23.4. The van der Waals surface area contributed by atoms with Gasteiger partial charge in [-0.1, -0.05) is 113 Å². The Morgan fingerprint density at radius 2 is 1.12 bits per heavy atom. The fourth-order valence-corrected chi connectivity index (χ4v) is 16.4. The van der Waals surface area contributed by atoms with E-state index in [1.54, 1.807) is 0 Å². The lowest BCUT2D eigenvalue weighted by molar-refractivity contribution is 0.423. The lowest BCUT2D eigenvalue weighted by Crippen LogP contribution is -2.36. The van der Waals surface area contributed by atoms with Crippen molar-refractivity contribution < 1.29 is 4.57 Å². The third-order valence-corrected chi connectivity index (χ3v) is 17.5. The first-order valence-corrected chi connectivity index (χ1v) is 17.5. The second-order valence-electron chi connectivity index (χ2n) is 11.3. The topological polar surface area (TPSA) is 17.1 Å². The van der Waals surface area contributed by atoms with Crippen LogP contribution >= 0.6 is 15.1 Å². The van der Waals surface area contributed by atoms with Gasteiger partial charge >= 0.3 is 0 Å². The van der Waals surface area contributed by atoms with Crippen molar-refractivity contribution in [1.82, 2.24) is 0 Å². The van der Waals surface area contributed by atoms with Crippen LogP contribution in [-0.2, 0) is 4.57 Å². The van der Waals surface area contributed by atoms with Gasteiger partial charge in [-0.05, 0) is 68.6 Å². The molecule has 0 N–H and O–H groups in total. The van der Waals surface area contributed by atoms with Crippen LogP contribution in [0.2, 0.25) is 0 Å². The highest BCUT2D eigenvalue weighted by Crippen LogP contribution is 2.69. The molecule has 0 bridgehead atoms. The summed E-state index contributed by atoms with van der Waals surface area (Å²) in [6.07, 6.45) is 16.8. The predicted molar refractivity (Wildman–Crippen MR) is 151 cm³/mol. The molecule has 3 atom stereocenters. The van der Waals surface area contributed by atoms with Gasteiger partial charge in [0.2, 0.25) is 0 Å². The summed E-state index contributed by atoms with van der Waals surface area (Å²) in [6, 6.07) is 22.6. The molecule has 0 aromatic heterocycles. The van der Waals surface area contributed by atoms with E-state index >= 15 is 4.57 Å². The largest absolute Gasteiger partial charge is 0.323 e. The molecule has 5 rings (SSSR count). The number of benzene rings is 2. The summed E-state index contributed by atoms with van der Waals surface area (Å²) in [7, 11) is -2.69. The van der Waals surface area contributed by atoms with Gasteiger partial charge < -0.3 is 4.57 Å². The molecule has 2 aromatic rings. The van der Waals surface area contributed by atoms with Crippen LogP contribution in [0.4, 0.5) is 0 Å². The molecule has 3 fully saturated rings. The van der Waals surface area contributed by atoms with Crippen molar-refractivity contribution in [3.05, 3.63) is 60.7 Å². The van der Waals surface area contributed by atoms with Gasteiger partial charge in [-0.25, -0.2) is 0 Å². The second kappa shape index (κ2) is 11.4. The minimum Gasteiger partial charge on any atom is -0.323 e. The first kappa shape index (κ1) is 24.8. The Morgan fingerprint density at radius 1 is 0.647 bits per heavy atom. The van der Waals surface area contributed by atoms with Crippen molar-refractivity contribution in [3.8, 4) is 0 Å². The summed E-state index contributed by atoms with van der Waals surface area (Å²) in [5, 5.41) is 3.02. The van der Waals surface area contributed by atoms with E-state index in [4.69, 9.17) is 0 Å². The maximum Gasteiger partial charge on any atom is 0.0965 e. The van der Waals surface area contributed by atoms with Gasteiger partial charge in [-0.3, -0.25) is 0 Å². The standard InChI is InChI=1S/C31H44OP2/c1-25(34(32,28-19-10-4-11-20-28)29-21-12-5-13-22-29)30-23-14-24-31(30)33(26-15-6-2-7-16-26)27-17-8-3-9-18-27/h2-3,6-9,15-18,25,28-31H,4-5,10-14,19-24H2,1H3/t25-,30?,31?/m1/s1. The van der Waals surface area contributed by atoms with Crippen LogP contribution in [0.15, 0.2) is 60.7 Å². The van der Waals surface area contributed by atoms with Crippen LogP contribution in [0.5, 0.6) is 0 Å². The molecule has 3 aliphatic rings. The van der Waals surface area contributed by atoms with E-state index in [1.165, 1.54) is 94.1 Å². The summed E-state index contributed by atoms with van der Waals surface area (Å²) < 4.78 is 15.5. The first-order valence-electron chi connectivity index (χ1n) is 14.2. The van der Waals surface area contributed by atoms with Crippen molar-refractivity contribution >= 4 is 25.7 Å².